The molecule has 1 aliphatic rings. The van der Waals surface area contributed by atoms with Crippen LogP contribution in [0.3, 0.4) is 0 Å². The van der Waals surface area contributed by atoms with E-state index in [9.17, 15) is 5.11 Å². The van der Waals surface area contributed by atoms with Gasteiger partial charge in [0.05, 0.1) is 45.3 Å². The highest BCUT2D eigenvalue weighted by Gasteiger charge is 2.33. The van der Waals surface area contributed by atoms with Gasteiger partial charge < -0.3 is 14.4 Å². The van der Waals surface area contributed by atoms with Crippen molar-refractivity contribution in [3.05, 3.63) is 71.1 Å². The van der Waals surface area contributed by atoms with Gasteiger partial charge in [0.1, 0.15) is 5.82 Å². The Morgan fingerprint density at radius 2 is 1.87 bits per heavy atom. The minimum Gasteiger partial charge on any atom is -0.386 e. The summed E-state index contributed by atoms with van der Waals surface area (Å²) in [6, 6.07) is 9.34. The molecule has 1 unspecified atom stereocenters. The summed E-state index contributed by atoms with van der Waals surface area (Å²) in [5.41, 5.74) is 5.75. The molecule has 1 saturated heterocycles. The number of benzene rings is 1. The van der Waals surface area contributed by atoms with Crippen molar-refractivity contribution in [3.63, 3.8) is 0 Å². The Labute approximate surface area is 226 Å². The van der Waals surface area contributed by atoms with Crippen molar-refractivity contribution < 1.29 is 14.2 Å². The number of aromatic nitrogens is 6. The molecule has 0 bridgehead atoms. The van der Waals surface area contributed by atoms with E-state index in [1.807, 2.05) is 31.3 Å². The minimum absolute atomic E-state index is 0.141. The van der Waals surface area contributed by atoms with E-state index in [1.54, 1.807) is 37.8 Å². The lowest BCUT2D eigenvalue weighted by Gasteiger charge is -2.33. The summed E-state index contributed by atoms with van der Waals surface area (Å²) < 4.78 is 25.4. The molecule has 6 rings (SSSR count). The third kappa shape index (κ3) is 4.30. The Morgan fingerprint density at radius 3 is 2.54 bits per heavy atom. The van der Waals surface area contributed by atoms with Crippen molar-refractivity contribution >= 4 is 21.9 Å². The van der Waals surface area contributed by atoms with Crippen molar-refractivity contribution in [2.45, 2.75) is 52.2 Å². The molecule has 0 aliphatic carbocycles. The van der Waals surface area contributed by atoms with Gasteiger partial charge in [-0.05, 0) is 76.3 Å². The van der Waals surface area contributed by atoms with Crippen LogP contribution >= 0.6 is 0 Å². The molecule has 0 saturated carbocycles. The van der Waals surface area contributed by atoms with E-state index in [0.717, 1.165) is 35.1 Å². The van der Waals surface area contributed by atoms with E-state index in [0.29, 0.717) is 46.6 Å². The van der Waals surface area contributed by atoms with Crippen LogP contribution in [-0.4, -0.2) is 47.8 Å². The first-order valence-corrected chi connectivity index (χ1v) is 13.4. The molecule has 4 aromatic heterocycles. The predicted octanol–water partition coefficient (Wildman–Crippen LogP) is 5.38. The minimum atomic E-state index is -1.09. The van der Waals surface area contributed by atoms with E-state index in [2.05, 4.69) is 27.9 Å². The molecule has 1 aliphatic heterocycles. The number of fused-ring (bicyclic) bond motifs is 3. The van der Waals surface area contributed by atoms with Crippen LogP contribution in [0.15, 0.2) is 42.7 Å². The second-order valence-electron chi connectivity index (χ2n) is 11.1. The lowest BCUT2D eigenvalue weighted by molar-refractivity contribution is 0.0547. The Balaban J connectivity index is 1.74. The van der Waals surface area contributed by atoms with E-state index < -0.39 is 5.60 Å². The number of pyridine rings is 2. The first-order valence-electron chi connectivity index (χ1n) is 13.4. The zero-order valence-corrected chi connectivity index (χ0v) is 22.9. The predicted molar refractivity (Wildman–Crippen MR) is 148 cm³/mol. The fourth-order valence-electron chi connectivity index (χ4n) is 5.97. The summed E-state index contributed by atoms with van der Waals surface area (Å²) in [6.45, 7) is 8.77. The van der Waals surface area contributed by atoms with Crippen molar-refractivity contribution in [3.8, 4) is 11.3 Å². The molecular formula is C30H33FN6O2. The van der Waals surface area contributed by atoms with Gasteiger partial charge in [-0.1, -0.05) is 11.3 Å². The van der Waals surface area contributed by atoms with Crippen LogP contribution in [0.4, 0.5) is 4.39 Å². The summed E-state index contributed by atoms with van der Waals surface area (Å²) in [4.78, 5) is 9.67. The maximum Gasteiger partial charge on any atom is 0.133 e. The van der Waals surface area contributed by atoms with Crippen molar-refractivity contribution in [1.82, 2.24) is 29.5 Å². The second kappa shape index (κ2) is 9.50. The van der Waals surface area contributed by atoms with Crippen molar-refractivity contribution in [2.24, 2.45) is 13.0 Å². The molecule has 0 radical (unpaired) electrons. The third-order valence-electron chi connectivity index (χ3n) is 8.00. The van der Waals surface area contributed by atoms with Crippen LogP contribution in [0.1, 0.15) is 55.2 Å². The number of hydrogen-bond donors (Lipinski definition) is 1. The average molecular weight is 529 g/mol. The highest BCUT2D eigenvalue weighted by Crippen LogP contribution is 2.43. The van der Waals surface area contributed by atoms with Crippen LogP contribution in [0.25, 0.3) is 33.2 Å². The lowest BCUT2D eigenvalue weighted by atomic mass is 9.87. The molecule has 9 heteroatoms. The maximum absolute atomic E-state index is 15.8. The summed E-state index contributed by atoms with van der Waals surface area (Å²) in [7, 11) is 1.77. The monoisotopic (exact) mass is 528 g/mol. The number of rotatable bonds is 5. The van der Waals surface area contributed by atoms with E-state index in [4.69, 9.17) is 14.7 Å². The van der Waals surface area contributed by atoms with Crippen molar-refractivity contribution in [2.75, 3.05) is 13.2 Å². The highest BCUT2D eigenvalue weighted by atomic mass is 19.1. The smallest absolute Gasteiger partial charge is 0.133 e. The van der Waals surface area contributed by atoms with Gasteiger partial charge in [-0.25, -0.2) is 9.07 Å². The maximum atomic E-state index is 15.8. The average Bonchev–Trinajstić information content (AvgIpc) is 3.40. The zero-order chi connectivity index (χ0) is 27.5. The van der Waals surface area contributed by atoms with Gasteiger partial charge in [0.25, 0.3) is 0 Å². The van der Waals surface area contributed by atoms with Gasteiger partial charge >= 0.3 is 0 Å². The third-order valence-corrected chi connectivity index (χ3v) is 8.00. The van der Waals surface area contributed by atoms with Gasteiger partial charge in [-0.2, -0.15) is 0 Å². The lowest BCUT2D eigenvalue weighted by Crippen LogP contribution is -2.28. The normalized spacial score (nSPS) is 15.9. The van der Waals surface area contributed by atoms with Gasteiger partial charge in [0.15, 0.2) is 0 Å². The van der Waals surface area contributed by atoms with Crippen molar-refractivity contribution in [1.29, 1.82) is 0 Å². The number of aliphatic hydroxyl groups is 1. The van der Waals surface area contributed by atoms with Gasteiger partial charge in [0, 0.05) is 49.2 Å². The number of aryl methyl sites for hydroxylation is 3. The first kappa shape index (κ1) is 25.6. The molecule has 5 aromatic rings. The SMILES string of the molecule is Cc1cccnc1C(C1CCOCC1)n1c2cc(-c3c(C)nnn3C)c(F)cc2c2ncc(C(C)(C)O)cc21. The van der Waals surface area contributed by atoms with Crippen LogP contribution in [0.2, 0.25) is 0 Å². The molecule has 1 aromatic carbocycles. The standard InChI is InChI=1S/C30H33FN6O2/c1-17-7-6-10-32-26(17)29(19-8-11-39-12-9-19)37-24-15-21(28-18(2)34-35-36(28)5)23(31)14-22(24)27-25(37)13-20(16-33-27)30(3,4)38/h6-7,10,13-16,19,29,38H,8-9,11-12H2,1-5H3. The summed E-state index contributed by atoms with van der Waals surface area (Å²) in [6.07, 6.45) is 5.26. The Hall–Kier alpha value is -3.69. The quantitative estimate of drug-likeness (QED) is 0.329. The highest BCUT2D eigenvalue weighted by molar-refractivity contribution is 6.07. The van der Waals surface area contributed by atoms with E-state index in [1.165, 1.54) is 0 Å². The Morgan fingerprint density at radius 1 is 1.10 bits per heavy atom. The summed E-state index contributed by atoms with van der Waals surface area (Å²) in [5, 5.41) is 19.9. The topological polar surface area (TPSA) is 90.9 Å². The second-order valence-corrected chi connectivity index (χ2v) is 11.1. The summed E-state index contributed by atoms with van der Waals surface area (Å²) >= 11 is 0. The number of ether oxygens (including phenoxy) is 1. The van der Waals surface area contributed by atoms with E-state index >= 15 is 4.39 Å². The fourth-order valence-corrected chi connectivity index (χ4v) is 5.97. The van der Waals surface area contributed by atoms with E-state index in [-0.39, 0.29) is 17.8 Å². The summed E-state index contributed by atoms with van der Waals surface area (Å²) in [5.74, 6) is -0.120. The van der Waals surface area contributed by atoms with Crippen LogP contribution in [0, 0.1) is 25.6 Å². The zero-order valence-electron chi connectivity index (χ0n) is 22.9. The largest absolute Gasteiger partial charge is 0.386 e. The number of hydrogen-bond acceptors (Lipinski definition) is 6. The number of halogens is 1. The Bertz CT molecular complexity index is 1670. The molecule has 1 fully saturated rings. The molecule has 1 N–H and O–H groups in total. The molecule has 202 valence electrons. The fraction of sp³-hybridized carbons (Fsp3) is 0.400. The van der Waals surface area contributed by atoms with Gasteiger partial charge in [0.2, 0.25) is 0 Å². The van der Waals surface area contributed by atoms with Crippen LogP contribution in [0.5, 0.6) is 0 Å². The van der Waals surface area contributed by atoms with Crippen LogP contribution < -0.4 is 0 Å². The molecule has 8 nitrogen and oxygen atoms in total. The van der Waals surface area contributed by atoms with Gasteiger partial charge in [-0.3, -0.25) is 9.97 Å². The molecule has 0 amide bonds. The van der Waals surface area contributed by atoms with Crippen LogP contribution in [-0.2, 0) is 17.4 Å². The first-order chi connectivity index (χ1) is 18.6. The molecule has 5 heterocycles. The molecule has 0 spiro atoms. The molecule has 39 heavy (non-hydrogen) atoms. The number of nitrogens with zero attached hydrogens (tertiary/aromatic N) is 6. The Kier molecular flexibility index (Phi) is 6.23. The molecular weight excluding hydrogens is 495 g/mol. The van der Waals surface area contributed by atoms with Gasteiger partial charge in [-0.15, -0.1) is 5.10 Å². The molecule has 1 atom stereocenters.